The van der Waals surface area contributed by atoms with Crippen LogP contribution in [-0.4, -0.2) is 16.0 Å². The largest absolute Gasteiger partial charge is 0.345 e. The fraction of sp³-hybridized carbons (Fsp3) is 0.182. The molecule has 0 aliphatic heterocycles. The zero-order valence-corrected chi connectivity index (χ0v) is 10.1. The standard InChI is InChI=1S/C11H12FN5O2/c1-6-15-9(17-19-6)5-14-11(18)7-3-2-4-8(12)10(7)16-13/h2-4,16H,5,13H2,1H3,(H,14,18). The van der Waals surface area contributed by atoms with Crippen molar-refractivity contribution in [2.75, 3.05) is 5.43 Å². The molecule has 1 aromatic heterocycles. The zero-order chi connectivity index (χ0) is 13.8. The van der Waals surface area contributed by atoms with Gasteiger partial charge in [-0.2, -0.15) is 4.98 Å². The van der Waals surface area contributed by atoms with E-state index in [0.29, 0.717) is 11.7 Å². The Morgan fingerprint density at radius 1 is 1.53 bits per heavy atom. The van der Waals surface area contributed by atoms with E-state index in [2.05, 4.69) is 20.9 Å². The van der Waals surface area contributed by atoms with Crippen molar-refractivity contribution in [1.29, 1.82) is 0 Å². The van der Waals surface area contributed by atoms with Crippen LogP contribution in [0.15, 0.2) is 22.7 Å². The summed E-state index contributed by atoms with van der Waals surface area (Å²) in [5, 5.41) is 6.17. The minimum atomic E-state index is -0.606. The number of nitrogen functional groups attached to an aromatic ring is 1. The van der Waals surface area contributed by atoms with Gasteiger partial charge >= 0.3 is 0 Å². The third-order valence-corrected chi connectivity index (χ3v) is 2.38. The number of nitrogens with zero attached hydrogens (tertiary/aromatic N) is 2. The number of hydrogen-bond donors (Lipinski definition) is 3. The van der Waals surface area contributed by atoms with Crippen molar-refractivity contribution >= 4 is 11.6 Å². The van der Waals surface area contributed by atoms with E-state index in [1.807, 2.05) is 0 Å². The predicted molar refractivity (Wildman–Crippen MR) is 64.4 cm³/mol. The maximum absolute atomic E-state index is 13.4. The van der Waals surface area contributed by atoms with Crippen molar-refractivity contribution in [2.45, 2.75) is 13.5 Å². The third-order valence-electron chi connectivity index (χ3n) is 2.38. The first-order valence-electron chi connectivity index (χ1n) is 5.44. The summed E-state index contributed by atoms with van der Waals surface area (Å²) >= 11 is 0. The number of aromatic nitrogens is 2. The molecule has 2 rings (SSSR count). The molecule has 0 radical (unpaired) electrons. The molecule has 1 heterocycles. The van der Waals surface area contributed by atoms with Crippen molar-refractivity contribution in [3.63, 3.8) is 0 Å². The van der Waals surface area contributed by atoms with E-state index >= 15 is 0 Å². The monoisotopic (exact) mass is 265 g/mol. The molecule has 0 bridgehead atoms. The number of aryl methyl sites for hydroxylation is 1. The second-order valence-electron chi connectivity index (χ2n) is 3.72. The van der Waals surface area contributed by atoms with E-state index in [9.17, 15) is 9.18 Å². The predicted octanol–water partition coefficient (Wildman–Crippen LogP) is 0.733. The van der Waals surface area contributed by atoms with Crippen LogP contribution in [0.1, 0.15) is 22.1 Å². The number of carbonyl (C=O) groups is 1. The van der Waals surface area contributed by atoms with Gasteiger partial charge in [-0.3, -0.25) is 10.6 Å². The minimum Gasteiger partial charge on any atom is -0.345 e. The maximum Gasteiger partial charge on any atom is 0.253 e. The lowest BCUT2D eigenvalue weighted by Gasteiger charge is -2.09. The van der Waals surface area contributed by atoms with Gasteiger partial charge in [-0.15, -0.1) is 0 Å². The molecule has 100 valence electrons. The Hall–Kier alpha value is -2.48. The molecule has 1 aromatic carbocycles. The van der Waals surface area contributed by atoms with Crippen molar-refractivity contribution < 1.29 is 13.7 Å². The number of hydrazine groups is 1. The van der Waals surface area contributed by atoms with E-state index < -0.39 is 11.7 Å². The highest BCUT2D eigenvalue weighted by atomic mass is 19.1. The molecule has 7 nitrogen and oxygen atoms in total. The van der Waals surface area contributed by atoms with Gasteiger partial charge in [0.15, 0.2) is 5.82 Å². The summed E-state index contributed by atoms with van der Waals surface area (Å²) in [6, 6.07) is 4.08. The number of anilines is 1. The summed E-state index contributed by atoms with van der Waals surface area (Å²) in [5.41, 5.74) is 2.20. The quantitative estimate of drug-likeness (QED) is 0.556. The van der Waals surface area contributed by atoms with Gasteiger partial charge in [0.25, 0.3) is 5.91 Å². The molecule has 8 heteroatoms. The Morgan fingerprint density at radius 2 is 2.32 bits per heavy atom. The summed E-state index contributed by atoms with van der Waals surface area (Å²) in [4.78, 5) is 15.8. The van der Waals surface area contributed by atoms with Crippen LogP contribution in [-0.2, 0) is 6.54 Å². The number of amides is 1. The lowest BCUT2D eigenvalue weighted by molar-refractivity contribution is 0.0950. The smallest absolute Gasteiger partial charge is 0.253 e. The van der Waals surface area contributed by atoms with E-state index in [-0.39, 0.29) is 17.8 Å². The van der Waals surface area contributed by atoms with Gasteiger partial charge in [0.2, 0.25) is 5.89 Å². The van der Waals surface area contributed by atoms with Crippen molar-refractivity contribution in [2.24, 2.45) is 5.84 Å². The number of carbonyl (C=O) groups excluding carboxylic acids is 1. The Bertz CT molecular complexity index is 599. The Morgan fingerprint density at radius 3 is 2.95 bits per heavy atom. The van der Waals surface area contributed by atoms with E-state index in [4.69, 9.17) is 10.4 Å². The number of nitrogens with one attached hydrogen (secondary N) is 2. The Kier molecular flexibility index (Phi) is 3.71. The van der Waals surface area contributed by atoms with Gasteiger partial charge < -0.3 is 15.3 Å². The van der Waals surface area contributed by atoms with Crippen LogP contribution in [0.25, 0.3) is 0 Å². The number of hydrogen-bond acceptors (Lipinski definition) is 6. The van der Waals surface area contributed by atoms with Gasteiger partial charge in [0, 0.05) is 6.92 Å². The fourth-order valence-electron chi connectivity index (χ4n) is 1.53. The molecule has 1 amide bonds. The molecule has 0 aliphatic rings. The van der Waals surface area contributed by atoms with Crippen LogP contribution in [0.3, 0.4) is 0 Å². The SMILES string of the molecule is Cc1nc(CNC(=O)c2cccc(F)c2NN)no1. The summed E-state index contributed by atoms with van der Waals surface area (Å²) in [5.74, 6) is 4.83. The molecule has 0 saturated heterocycles. The second-order valence-corrected chi connectivity index (χ2v) is 3.72. The number of para-hydroxylation sites is 1. The summed E-state index contributed by atoms with van der Waals surface area (Å²) in [6.07, 6.45) is 0. The van der Waals surface area contributed by atoms with E-state index in [1.165, 1.54) is 18.2 Å². The second kappa shape index (κ2) is 5.44. The number of rotatable bonds is 4. The van der Waals surface area contributed by atoms with Crippen LogP contribution in [0.4, 0.5) is 10.1 Å². The molecule has 4 N–H and O–H groups in total. The highest BCUT2D eigenvalue weighted by Crippen LogP contribution is 2.18. The highest BCUT2D eigenvalue weighted by molar-refractivity contribution is 5.99. The minimum absolute atomic E-state index is 0.0655. The number of benzene rings is 1. The summed E-state index contributed by atoms with van der Waals surface area (Å²) < 4.78 is 18.2. The lowest BCUT2D eigenvalue weighted by Crippen LogP contribution is -2.25. The van der Waals surface area contributed by atoms with Crippen LogP contribution in [0.2, 0.25) is 0 Å². The summed E-state index contributed by atoms with van der Waals surface area (Å²) in [7, 11) is 0. The molecule has 0 atom stereocenters. The average Bonchev–Trinajstić information content (AvgIpc) is 2.81. The first-order valence-corrected chi connectivity index (χ1v) is 5.44. The van der Waals surface area contributed by atoms with Crippen LogP contribution in [0.5, 0.6) is 0 Å². The molecule has 0 unspecified atom stereocenters. The summed E-state index contributed by atoms with van der Waals surface area (Å²) in [6.45, 7) is 1.72. The lowest BCUT2D eigenvalue weighted by atomic mass is 10.1. The molecular formula is C11H12FN5O2. The van der Waals surface area contributed by atoms with Crippen LogP contribution < -0.4 is 16.6 Å². The van der Waals surface area contributed by atoms with Gasteiger partial charge in [-0.05, 0) is 12.1 Å². The highest BCUT2D eigenvalue weighted by Gasteiger charge is 2.14. The molecule has 0 aliphatic carbocycles. The van der Waals surface area contributed by atoms with Gasteiger partial charge in [-0.25, -0.2) is 4.39 Å². The molecule has 0 spiro atoms. The normalized spacial score (nSPS) is 10.3. The first-order chi connectivity index (χ1) is 9.11. The molecule has 2 aromatic rings. The van der Waals surface area contributed by atoms with Gasteiger partial charge in [0.05, 0.1) is 17.8 Å². The van der Waals surface area contributed by atoms with E-state index in [1.54, 1.807) is 6.92 Å². The first kappa shape index (κ1) is 13.0. The van der Waals surface area contributed by atoms with Gasteiger partial charge in [0.1, 0.15) is 5.82 Å². The molecular weight excluding hydrogens is 253 g/mol. The zero-order valence-electron chi connectivity index (χ0n) is 10.1. The molecule has 0 saturated carbocycles. The van der Waals surface area contributed by atoms with Crippen molar-refractivity contribution in [3.8, 4) is 0 Å². The Balaban J connectivity index is 2.10. The fourth-order valence-corrected chi connectivity index (χ4v) is 1.53. The number of nitrogens with two attached hydrogens (primary N) is 1. The van der Waals surface area contributed by atoms with Crippen molar-refractivity contribution in [3.05, 3.63) is 41.3 Å². The third kappa shape index (κ3) is 2.86. The van der Waals surface area contributed by atoms with Crippen molar-refractivity contribution in [1.82, 2.24) is 15.5 Å². The number of halogens is 1. The topological polar surface area (TPSA) is 106 Å². The van der Waals surface area contributed by atoms with Gasteiger partial charge in [-0.1, -0.05) is 11.2 Å². The van der Waals surface area contributed by atoms with E-state index in [0.717, 1.165) is 0 Å². The molecule has 19 heavy (non-hydrogen) atoms. The maximum atomic E-state index is 13.4. The molecule has 0 fully saturated rings. The average molecular weight is 265 g/mol. The van der Waals surface area contributed by atoms with Crippen LogP contribution >= 0.6 is 0 Å². The Labute approximate surface area is 108 Å². The van der Waals surface area contributed by atoms with Crippen LogP contribution in [0, 0.1) is 12.7 Å².